The summed E-state index contributed by atoms with van der Waals surface area (Å²) in [5, 5.41) is 3.62. The second-order valence-electron chi connectivity index (χ2n) is 4.72. The van der Waals surface area contributed by atoms with E-state index in [1.165, 1.54) is 14.7 Å². The number of rotatable bonds is 6. The van der Waals surface area contributed by atoms with Gasteiger partial charge in [-0.15, -0.1) is 0 Å². The summed E-state index contributed by atoms with van der Waals surface area (Å²) in [4.78, 5) is 0. The van der Waals surface area contributed by atoms with Crippen molar-refractivity contribution in [1.29, 1.82) is 0 Å². The van der Waals surface area contributed by atoms with Crippen LogP contribution in [0.2, 0.25) is 0 Å². The number of methoxy groups -OCH3 is 1. The van der Waals surface area contributed by atoms with Crippen LogP contribution in [0.15, 0.2) is 48.5 Å². The SMILES string of the molecule is CCCNC(c1cccc(I)c1)c1cccc(OC)c1. The predicted octanol–water partition coefficient (Wildman–Crippen LogP) is 4.39. The van der Waals surface area contributed by atoms with Gasteiger partial charge in [0.25, 0.3) is 0 Å². The van der Waals surface area contributed by atoms with Crippen molar-refractivity contribution < 1.29 is 4.74 Å². The summed E-state index contributed by atoms with van der Waals surface area (Å²) in [5.41, 5.74) is 2.53. The highest BCUT2D eigenvalue weighted by Crippen LogP contribution is 2.26. The molecule has 2 rings (SSSR count). The van der Waals surface area contributed by atoms with E-state index in [4.69, 9.17) is 4.74 Å². The van der Waals surface area contributed by atoms with Crippen LogP contribution in [0.4, 0.5) is 0 Å². The van der Waals surface area contributed by atoms with Gasteiger partial charge in [0.15, 0.2) is 0 Å². The van der Waals surface area contributed by atoms with Crippen LogP contribution in [0.1, 0.15) is 30.5 Å². The van der Waals surface area contributed by atoms with Crippen molar-refractivity contribution in [2.75, 3.05) is 13.7 Å². The molecule has 2 aromatic carbocycles. The molecule has 2 aromatic rings. The molecule has 0 heterocycles. The Morgan fingerprint density at radius 1 is 1.10 bits per heavy atom. The molecular formula is C17H20INO. The molecule has 2 nitrogen and oxygen atoms in total. The molecule has 3 heteroatoms. The summed E-state index contributed by atoms with van der Waals surface area (Å²) in [6.07, 6.45) is 1.12. The van der Waals surface area contributed by atoms with Gasteiger partial charge in [-0.2, -0.15) is 0 Å². The third-order valence-electron chi connectivity index (χ3n) is 3.21. The van der Waals surface area contributed by atoms with E-state index in [-0.39, 0.29) is 6.04 Å². The maximum Gasteiger partial charge on any atom is 0.119 e. The molecule has 0 saturated carbocycles. The Balaban J connectivity index is 2.35. The number of benzene rings is 2. The van der Waals surface area contributed by atoms with Crippen LogP contribution in [0.25, 0.3) is 0 Å². The van der Waals surface area contributed by atoms with Gasteiger partial charge in [-0.05, 0) is 70.9 Å². The molecule has 106 valence electrons. The van der Waals surface area contributed by atoms with E-state index in [1.807, 2.05) is 12.1 Å². The van der Waals surface area contributed by atoms with Crippen LogP contribution in [0.3, 0.4) is 0 Å². The summed E-state index contributed by atoms with van der Waals surface area (Å²) in [7, 11) is 1.71. The number of hydrogen-bond acceptors (Lipinski definition) is 2. The van der Waals surface area contributed by atoms with Gasteiger partial charge in [0, 0.05) is 3.57 Å². The fraction of sp³-hybridized carbons (Fsp3) is 0.294. The normalized spacial score (nSPS) is 12.2. The van der Waals surface area contributed by atoms with E-state index < -0.39 is 0 Å². The number of ether oxygens (including phenoxy) is 1. The molecule has 0 amide bonds. The minimum Gasteiger partial charge on any atom is -0.497 e. The zero-order valence-corrected chi connectivity index (χ0v) is 14.1. The molecule has 0 aliphatic rings. The van der Waals surface area contributed by atoms with Gasteiger partial charge in [0.2, 0.25) is 0 Å². The third kappa shape index (κ3) is 3.96. The lowest BCUT2D eigenvalue weighted by Crippen LogP contribution is -2.23. The average molecular weight is 381 g/mol. The molecule has 0 fully saturated rings. The van der Waals surface area contributed by atoms with E-state index in [0.29, 0.717) is 0 Å². The van der Waals surface area contributed by atoms with Crippen LogP contribution < -0.4 is 10.1 Å². The molecule has 0 aromatic heterocycles. The van der Waals surface area contributed by atoms with Crippen molar-refractivity contribution in [3.05, 3.63) is 63.2 Å². The summed E-state index contributed by atoms with van der Waals surface area (Å²) in [6.45, 7) is 3.18. The molecule has 0 aliphatic carbocycles. The molecular weight excluding hydrogens is 361 g/mol. The lowest BCUT2D eigenvalue weighted by Gasteiger charge is -2.20. The maximum atomic E-state index is 5.34. The van der Waals surface area contributed by atoms with Crippen LogP contribution in [0.5, 0.6) is 5.75 Å². The Labute approximate surface area is 134 Å². The Bertz CT molecular complexity index is 556. The van der Waals surface area contributed by atoms with E-state index in [1.54, 1.807) is 7.11 Å². The first-order chi connectivity index (χ1) is 9.74. The van der Waals surface area contributed by atoms with Gasteiger partial charge >= 0.3 is 0 Å². The van der Waals surface area contributed by atoms with E-state index >= 15 is 0 Å². The Morgan fingerprint density at radius 3 is 2.45 bits per heavy atom. The Kier molecular flexibility index (Phi) is 5.86. The third-order valence-corrected chi connectivity index (χ3v) is 3.88. The fourth-order valence-electron chi connectivity index (χ4n) is 2.22. The predicted molar refractivity (Wildman–Crippen MR) is 92.3 cm³/mol. The van der Waals surface area contributed by atoms with E-state index in [9.17, 15) is 0 Å². The minimum absolute atomic E-state index is 0.208. The summed E-state index contributed by atoms with van der Waals surface area (Å²) in [6, 6.07) is 17.1. The first-order valence-corrected chi connectivity index (χ1v) is 7.95. The van der Waals surface area contributed by atoms with Crippen molar-refractivity contribution in [3.8, 4) is 5.75 Å². The lowest BCUT2D eigenvalue weighted by atomic mass is 9.98. The molecule has 0 bridgehead atoms. The zero-order chi connectivity index (χ0) is 14.4. The van der Waals surface area contributed by atoms with Crippen LogP contribution in [-0.2, 0) is 0 Å². The van der Waals surface area contributed by atoms with Crippen molar-refractivity contribution in [2.24, 2.45) is 0 Å². The first kappa shape index (κ1) is 15.3. The summed E-state index contributed by atoms with van der Waals surface area (Å²) < 4.78 is 6.60. The fourth-order valence-corrected chi connectivity index (χ4v) is 2.79. The number of nitrogens with one attached hydrogen (secondary N) is 1. The van der Waals surface area contributed by atoms with Gasteiger partial charge < -0.3 is 10.1 Å². The molecule has 1 atom stereocenters. The van der Waals surface area contributed by atoms with Gasteiger partial charge in [-0.1, -0.05) is 31.2 Å². The highest BCUT2D eigenvalue weighted by Gasteiger charge is 2.14. The Hall–Kier alpha value is -1.07. The second-order valence-corrected chi connectivity index (χ2v) is 5.96. The van der Waals surface area contributed by atoms with Crippen LogP contribution in [-0.4, -0.2) is 13.7 Å². The minimum atomic E-state index is 0.208. The van der Waals surface area contributed by atoms with Gasteiger partial charge in [-0.3, -0.25) is 0 Å². The zero-order valence-electron chi connectivity index (χ0n) is 11.9. The van der Waals surface area contributed by atoms with Crippen LogP contribution >= 0.6 is 22.6 Å². The number of halogens is 1. The largest absolute Gasteiger partial charge is 0.497 e. The monoisotopic (exact) mass is 381 g/mol. The quantitative estimate of drug-likeness (QED) is 0.750. The molecule has 0 spiro atoms. The van der Waals surface area contributed by atoms with E-state index in [0.717, 1.165) is 18.7 Å². The molecule has 0 saturated heterocycles. The molecule has 1 unspecified atom stereocenters. The highest BCUT2D eigenvalue weighted by molar-refractivity contribution is 14.1. The van der Waals surface area contributed by atoms with Gasteiger partial charge in [0.05, 0.1) is 13.2 Å². The maximum absolute atomic E-state index is 5.34. The van der Waals surface area contributed by atoms with Crippen molar-refractivity contribution in [2.45, 2.75) is 19.4 Å². The molecule has 0 aliphatic heterocycles. The molecule has 0 radical (unpaired) electrons. The molecule has 20 heavy (non-hydrogen) atoms. The van der Waals surface area contributed by atoms with Crippen molar-refractivity contribution in [3.63, 3.8) is 0 Å². The van der Waals surface area contributed by atoms with Gasteiger partial charge in [0.1, 0.15) is 5.75 Å². The van der Waals surface area contributed by atoms with E-state index in [2.05, 4.69) is 71.2 Å². The lowest BCUT2D eigenvalue weighted by molar-refractivity contribution is 0.413. The topological polar surface area (TPSA) is 21.3 Å². The second kappa shape index (κ2) is 7.64. The molecule has 1 N–H and O–H groups in total. The summed E-state index contributed by atoms with van der Waals surface area (Å²) >= 11 is 2.36. The van der Waals surface area contributed by atoms with Crippen molar-refractivity contribution >= 4 is 22.6 Å². The smallest absolute Gasteiger partial charge is 0.119 e. The van der Waals surface area contributed by atoms with Crippen LogP contribution in [0, 0.1) is 3.57 Å². The number of hydrogen-bond donors (Lipinski definition) is 1. The average Bonchev–Trinajstić information content (AvgIpc) is 2.48. The summed E-state index contributed by atoms with van der Waals surface area (Å²) in [5.74, 6) is 0.899. The van der Waals surface area contributed by atoms with Crippen molar-refractivity contribution in [1.82, 2.24) is 5.32 Å². The Morgan fingerprint density at radius 2 is 1.80 bits per heavy atom. The standard InChI is InChI=1S/C17H20INO/c1-3-10-19-17(13-6-4-8-15(18)11-13)14-7-5-9-16(12-14)20-2/h4-9,11-12,17,19H,3,10H2,1-2H3. The first-order valence-electron chi connectivity index (χ1n) is 6.87. The van der Waals surface area contributed by atoms with Gasteiger partial charge in [-0.25, -0.2) is 0 Å². The highest BCUT2D eigenvalue weighted by atomic mass is 127.